The van der Waals surface area contributed by atoms with E-state index < -0.39 is 23.4 Å². The molecule has 0 spiro atoms. The maximum atomic E-state index is 12.3. The molecule has 0 aromatic heterocycles. The van der Waals surface area contributed by atoms with Crippen LogP contribution in [0.5, 0.6) is 5.75 Å². The number of nitro benzene ring substituents is 1. The Morgan fingerprint density at radius 1 is 1.24 bits per heavy atom. The average molecular weight is 397 g/mol. The molecule has 0 aliphatic carbocycles. The van der Waals surface area contributed by atoms with Crippen LogP contribution in [-0.2, 0) is 28.4 Å². The Kier molecular flexibility index (Phi) is 8.83. The van der Waals surface area contributed by atoms with Gasteiger partial charge < -0.3 is 8.92 Å². The summed E-state index contributed by atoms with van der Waals surface area (Å²) >= 11 is 0.238. The van der Waals surface area contributed by atoms with E-state index >= 15 is 0 Å². The molecule has 140 valence electrons. The Balaban J connectivity index is 2.95. The van der Waals surface area contributed by atoms with E-state index in [4.69, 9.17) is 4.18 Å². The molecule has 0 heterocycles. The number of rotatable bonds is 11. The van der Waals surface area contributed by atoms with Crippen LogP contribution in [0.15, 0.2) is 18.2 Å². The number of benzene rings is 1. The van der Waals surface area contributed by atoms with Gasteiger partial charge in [0, 0.05) is 12.1 Å². The monoisotopic (exact) mass is 397 g/mol. The molecule has 0 fully saturated rings. The lowest BCUT2D eigenvalue weighted by molar-refractivity contribution is -0.385. The fourth-order valence-electron chi connectivity index (χ4n) is 1.36. The van der Waals surface area contributed by atoms with Crippen molar-refractivity contribution in [3.63, 3.8) is 0 Å². The van der Waals surface area contributed by atoms with E-state index in [2.05, 4.69) is 23.9 Å². The number of hydrogen-bond acceptors (Lipinski definition) is 11. The third kappa shape index (κ3) is 6.61. The molecule has 13 heteroatoms. The Morgan fingerprint density at radius 3 is 2.32 bits per heavy atom. The fourth-order valence-corrected chi connectivity index (χ4v) is 3.12. The van der Waals surface area contributed by atoms with Gasteiger partial charge in [0.15, 0.2) is 11.7 Å². The number of ether oxygens (including phenoxy) is 1. The lowest BCUT2D eigenvalue weighted by Crippen LogP contribution is -2.06. The first-order valence-corrected chi connectivity index (χ1v) is 9.71. The molecule has 0 aliphatic rings. The molecule has 1 rings (SSSR count). The second-order valence-electron chi connectivity index (χ2n) is 3.99. The summed E-state index contributed by atoms with van der Waals surface area (Å²) in [7, 11) is 1.08. The number of hydrogen-bond donors (Lipinski definition) is 0. The SMILES string of the molecule is CCOOP(=O)(OOCC)SOc1ccc([N+](=O)[O-])c(C(=O)OC)c1. The summed E-state index contributed by atoms with van der Waals surface area (Å²) < 4.78 is 31.2. The Labute approximate surface area is 147 Å². The lowest BCUT2D eigenvalue weighted by atomic mass is 10.2. The second kappa shape index (κ2) is 10.3. The molecule has 0 radical (unpaired) electrons. The normalized spacial score (nSPS) is 11.2. The number of nitro groups is 1. The van der Waals surface area contributed by atoms with Crippen LogP contribution in [0.4, 0.5) is 5.69 Å². The van der Waals surface area contributed by atoms with Gasteiger partial charge in [-0.3, -0.25) is 10.1 Å². The molecule has 0 aliphatic heterocycles. The Bertz CT molecular complexity index is 643. The molecule has 0 bridgehead atoms. The van der Waals surface area contributed by atoms with Crippen molar-refractivity contribution in [2.24, 2.45) is 0 Å². The predicted octanol–water partition coefficient (Wildman–Crippen LogP) is 3.45. The largest absolute Gasteiger partial charge is 0.481 e. The van der Waals surface area contributed by atoms with Gasteiger partial charge in [0.05, 0.1) is 25.2 Å². The molecule has 0 saturated heterocycles. The molecule has 0 atom stereocenters. The summed E-state index contributed by atoms with van der Waals surface area (Å²) in [6, 6.07) is 3.30. The summed E-state index contributed by atoms with van der Waals surface area (Å²) in [5.41, 5.74) is -0.805. The maximum Gasteiger partial charge on any atom is 0.481 e. The summed E-state index contributed by atoms with van der Waals surface area (Å²) in [6.45, 7) is -0.634. The third-order valence-electron chi connectivity index (χ3n) is 2.32. The van der Waals surface area contributed by atoms with Gasteiger partial charge in [0.1, 0.15) is 11.3 Å². The zero-order valence-electron chi connectivity index (χ0n) is 13.5. The van der Waals surface area contributed by atoms with E-state index in [1.807, 2.05) is 0 Å². The van der Waals surface area contributed by atoms with E-state index in [1.54, 1.807) is 13.8 Å². The molecule has 0 unspecified atom stereocenters. The number of carbonyl (C=O) groups is 1. The summed E-state index contributed by atoms with van der Waals surface area (Å²) in [5.74, 6) is -0.960. The average Bonchev–Trinajstić information content (AvgIpc) is 2.62. The summed E-state index contributed by atoms with van der Waals surface area (Å²) in [4.78, 5) is 31.0. The molecule has 0 amide bonds. The van der Waals surface area contributed by atoms with Crippen LogP contribution >= 0.6 is 18.5 Å². The van der Waals surface area contributed by atoms with Crippen molar-refractivity contribution >= 4 is 30.1 Å². The van der Waals surface area contributed by atoms with Gasteiger partial charge >= 0.3 is 12.8 Å². The summed E-state index contributed by atoms with van der Waals surface area (Å²) in [6.07, 6.45) is 0. The first-order valence-electron chi connectivity index (χ1n) is 6.82. The molecule has 25 heavy (non-hydrogen) atoms. The highest BCUT2D eigenvalue weighted by molar-refractivity contribution is 8.52. The zero-order chi connectivity index (χ0) is 18.9. The van der Waals surface area contributed by atoms with Crippen molar-refractivity contribution in [1.29, 1.82) is 0 Å². The van der Waals surface area contributed by atoms with E-state index in [9.17, 15) is 19.5 Å². The Morgan fingerprint density at radius 2 is 1.84 bits per heavy atom. The first kappa shape index (κ1) is 21.4. The quantitative estimate of drug-likeness (QED) is 0.136. The molecule has 0 saturated carbocycles. The number of carbonyl (C=O) groups excluding carboxylic acids is 1. The van der Waals surface area contributed by atoms with Gasteiger partial charge in [-0.25, -0.2) is 19.1 Å². The molecular weight excluding hydrogens is 381 g/mol. The highest BCUT2D eigenvalue weighted by Crippen LogP contribution is 2.61. The van der Waals surface area contributed by atoms with Crippen molar-refractivity contribution in [3.8, 4) is 5.75 Å². The zero-order valence-corrected chi connectivity index (χ0v) is 15.2. The van der Waals surface area contributed by atoms with Crippen molar-refractivity contribution in [2.75, 3.05) is 20.3 Å². The minimum atomic E-state index is -3.99. The van der Waals surface area contributed by atoms with Crippen LogP contribution in [0.2, 0.25) is 0 Å². The van der Waals surface area contributed by atoms with Crippen LogP contribution < -0.4 is 4.18 Å². The van der Waals surface area contributed by atoms with Crippen LogP contribution in [0, 0.1) is 10.1 Å². The van der Waals surface area contributed by atoms with Crippen LogP contribution in [-0.4, -0.2) is 31.2 Å². The number of methoxy groups -OCH3 is 1. The molecule has 1 aromatic carbocycles. The van der Waals surface area contributed by atoms with Crippen molar-refractivity contribution in [3.05, 3.63) is 33.9 Å². The maximum absolute atomic E-state index is 12.3. The standard InChI is InChI=1S/C12H16NO10PS/c1-4-19-22-24(17,23-20-5-2)25-21-9-6-7-11(13(15)16)10(8-9)12(14)18-3/h6-8H,4-5H2,1-3H3. The van der Waals surface area contributed by atoms with Gasteiger partial charge in [-0.05, 0) is 19.9 Å². The van der Waals surface area contributed by atoms with Crippen molar-refractivity contribution < 1.29 is 42.3 Å². The van der Waals surface area contributed by atoms with Crippen LogP contribution in [0.3, 0.4) is 0 Å². The molecular formula is C12H16NO10PS. The molecule has 0 N–H and O–H groups in total. The van der Waals surface area contributed by atoms with Gasteiger partial charge in [-0.1, -0.05) is 0 Å². The van der Waals surface area contributed by atoms with Gasteiger partial charge in [0.25, 0.3) is 5.69 Å². The van der Waals surface area contributed by atoms with Crippen LogP contribution in [0.1, 0.15) is 24.2 Å². The first-order chi connectivity index (χ1) is 11.9. The molecule has 1 aromatic rings. The van der Waals surface area contributed by atoms with Gasteiger partial charge in [-0.15, -0.1) is 9.35 Å². The minimum Gasteiger partial charge on any atom is -0.465 e. The summed E-state index contributed by atoms with van der Waals surface area (Å²) in [5, 5.41) is 10.9. The van der Waals surface area contributed by atoms with E-state index in [-0.39, 0.29) is 36.2 Å². The van der Waals surface area contributed by atoms with E-state index in [0.717, 1.165) is 19.2 Å². The minimum absolute atomic E-state index is 0.0311. The second-order valence-corrected chi connectivity index (χ2v) is 7.29. The number of nitrogens with zero attached hydrogens (tertiary/aromatic N) is 1. The van der Waals surface area contributed by atoms with E-state index in [0.29, 0.717) is 0 Å². The fraction of sp³-hybridized carbons (Fsp3) is 0.417. The smallest absolute Gasteiger partial charge is 0.465 e. The highest BCUT2D eigenvalue weighted by Gasteiger charge is 2.33. The molecule has 11 nitrogen and oxygen atoms in total. The van der Waals surface area contributed by atoms with Crippen molar-refractivity contribution in [2.45, 2.75) is 13.8 Å². The van der Waals surface area contributed by atoms with E-state index in [1.165, 1.54) is 6.07 Å². The van der Waals surface area contributed by atoms with Crippen LogP contribution in [0.25, 0.3) is 0 Å². The van der Waals surface area contributed by atoms with Gasteiger partial charge in [0.2, 0.25) is 0 Å². The van der Waals surface area contributed by atoms with Gasteiger partial charge in [-0.2, -0.15) is 0 Å². The lowest BCUT2D eigenvalue weighted by Gasteiger charge is -2.14. The highest BCUT2D eigenvalue weighted by atomic mass is 32.7. The topological polar surface area (TPSA) is 133 Å². The Hall–Kier alpha value is -1.69. The third-order valence-corrected chi connectivity index (χ3v) is 4.48. The number of esters is 1. The predicted molar refractivity (Wildman–Crippen MR) is 85.7 cm³/mol. The van der Waals surface area contributed by atoms with Crippen molar-refractivity contribution in [1.82, 2.24) is 0 Å².